The van der Waals surface area contributed by atoms with E-state index >= 15 is 0 Å². The Morgan fingerprint density at radius 1 is 1.18 bits per heavy atom. The van der Waals surface area contributed by atoms with Gasteiger partial charge >= 0.3 is 6.09 Å². The highest BCUT2D eigenvalue weighted by atomic mass is 16.5. The first-order valence-electron chi connectivity index (χ1n) is 7.19. The third-order valence-corrected chi connectivity index (χ3v) is 3.94. The Bertz CT molecular complexity index is 534. The number of hydroxylamine groups is 1. The Morgan fingerprint density at radius 3 is 2.18 bits per heavy atom. The van der Waals surface area contributed by atoms with Crippen molar-refractivity contribution in [2.45, 2.75) is 32.5 Å². The summed E-state index contributed by atoms with van der Waals surface area (Å²) in [4.78, 5) is 26.2. The molecule has 0 unspecified atom stereocenters. The van der Waals surface area contributed by atoms with Crippen LogP contribution in [0.15, 0.2) is 24.3 Å². The molecule has 0 saturated carbocycles. The smallest absolute Gasteiger partial charge is 0.407 e. The molecule has 0 radical (unpaired) electrons. The predicted molar refractivity (Wildman–Crippen MR) is 79.8 cm³/mol. The molecule has 7 nitrogen and oxygen atoms in total. The lowest BCUT2D eigenvalue weighted by atomic mass is 10.1. The van der Waals surface area contributed by atoms with E-state index in [0.29, 0.717) is 25.2 Å². The topological polar surface area (TPSA) is 93.1 Å². The maximum Gasteiger partial charge on any atom is 0.407 e. The van der Waals surface area contributed by atoms with Gasteiger partial charge in [0.1, 0.15) is 0 Å². The predicted octanol–water partition coefficient (Wildman–Crippen LogP) is 1.38. The van der Waals surface area contributed by atoms with Gasteiger partial charge in [-0.05, 0) is 31.5 Å². The van der Waals surface area contributed by atoms with Gasteiger partial charge in [-0.15, -0.1) is 0 Å². The van der Waals surface area contributed by atoms with Gasteiger partial charge in [-0.25, -0.2) is 10.3 Å². The lowest BCUT2D eigenvalue weighted by Gasteiger charge is -2.42. The third-order valence-electron chi connectivity index (χ3n) is 3.94. The number of hydrogen-bond donors (Lipinski definition) is 3. The van der Waals surface area contributed by atoms with Crippen LogP contribution in [-0.4, -0.2) is 57.3 Å². The van der Waals surface area contributed by atoms with E-state index in [1.807, 2.05) is 26.0 Å². The summed E-state index contributed by atoms with van der Waals surface area (Å²) in [5.74, 6) is -0.538. The SMILES string of the molecule is C[C@@H]1CN(Cc2ccc(C(=O)NO)cc2)C[C@H](C)N1C(=O)O. The Kier molecular flexibility index (Phi) is 4.99. The van der Waals surface area contributed by atoms with Gasteiger partial charge in [0, 0.05) is 37.3 Å². The third kappa shape index (κ3) is 3.55. The molecule has 2 amide bonds. The zero-order valence-electron chi connectivity index (χ0n) is 12.7. The number of benzene rings is 1. The van der Waals surface area contributed by atoms with Crippen LogP contribution < -0.4 is 5.48 Å². The minimum absolute atomic E-state index is 0.0549. The largest absolute Gasteiger partial charge is 0.465 e. The monoisotopic (exact) mass is 307 g/mol. The van der Waals surface area contributed by atoms with Crippen molar-refractivity contribution in [2.75, 3.05) is 13.1 Å². The zero-order valence-corrected chi connectivity index (χ0v) is 12.7. The van der Waals surface area contributed by atoms with Crippen molar-refractivity contribution in [1.29, 1.82) is 0 Å². The second-order valence-corrected chi connectivity index (χ2v) is 5.72. The molecule has 1 aromatic rings. The first-order chi connectivity index (χ1) is 10.4. The first-order valence-corrected chi connectivity index (χ1v) is 7.19. The van der Waals surface area contributed by atoms with E-state index in [4.69, 9.17) is 5.21 Å². The number of hydrogen-bond acceptors (Lipinski definition) is 4. The molecule has 0 spiro atoms. The molecule has 120 valence electrons. The molecular formula is C15H21N3O4. The average molecular weight is 307 g/mol. The Labute approximate surface area is 129 Å². The van der Waals surface area contributed by atoms with Crippen molar-refractivity contribution < 1.29 is 19.9 Å². The fourth-order valence-electron chi connectivity index (χ4n) is 3.02. The molecule has 7 heteroatoms. The van der Waals surface area contributed by atoms with Crippen LogP contribution in [0.3, 0.4) is 0 Å². The van der Waals surface area contributed by atoms with Crippen molar-refractivity contribution in [1.82, 2.24) is 15.3 Å². The number of piperazine rings is 1. The molecule has 3 N–H and O–H groups in total. The molecule has 1 heterocycles. The van der Waals surface area contributed by atoms with Crippen LogP contribution in [-0.2, 0) is 6.54 Å². The summed E-state index contributed by atoms with van der Waals surface area (Å²) >= 11 is 0. The molecular weight excluding hydrogens is 286 g/mol. The van der Waals surface area contributed by atoms with E-state index in [-0.39, 0.29) is 12.1 Å². The molecule has 1 aliphatic rings. The maximum absolute atomic E-state index is 11.3. The number of carbonyl (C=O) groups is 2. The molecule has 0 aliphatic carbocycles. The molecule has 2 atom stereocenters. The van der Waals surface area contributed by atoms with Gasteiger partial charge < -0.3 is 10.0 Å². The van der Waals surface area contributed by atoms with E-state index < -0.39 is 12.0 Å². The molecule has 2 rings (SSSR count). The second kappa shape index (κ2) is 6.76. The number of carbonyl (C=O) groups excluding carboxylic acids is 1. The van der Waals surface area contributed by atoms with Gasteiger partial charge in [0.25, 0.3) is 5.91 Å². The van der Waals surface area contributed by atoms with Gasteiger partial charge in [0.05, 0.1) is 0 Å². The van der Waals surface area contributed by atoms with Gasteiger partial charge in [0.2, 0.25) is 0 Å². The molecule has 1 fully saturated rings. The summed E-state index contributed by atoms with van der Waals surface area (Å²) in [6.45, 7) is 5.87. The number of rotatable bonds is 3. The zero-order chi connectivity index (χ0) is 16.3. The first kappa shape index (κ1) is 16.3. The summed E-state index contributed by atoms with van der Waals surface area (Å²) in [5.41, 5.74) is 3.03. The quantitative estimate of drug-likeness (QED) is 0.579. The summed E-state index contributed by atoms with van der Waals surface area (Å²) in [5, 5.41) is 17.8. The lowest BCUT2D eigenvalue weighted by molar-refractivity contribution is 0.0381. The van der Waals surface area contributed by atoms with Crippen LogP contribution in [0.4, 0.5) is 4.79 Å². The van der Waals surface area contributed by atoms with Crippen LogP contribution in [0.5, 0.6) is 0 Å². The van der Waals surface area contributed by atoms with Crippen LogP contribution in [0.25, 0.3) is 0 Å². The highest BCUT2D eigenvalue weighted by molar-refractivity contribution is 5.93. The average Bonchev–Trinajstić information content (AvgIpc) is 2.46. The lowest BCUT2D eigenvalue weighted by Crippen LogP contribution is -2.57. The van der Waals surface area contributed by atoms with Crippen molar-refractivity contribution in [3.8, 4) is 0 Å². The van der Waals surface area contributed by atoms with Crippen molar-refractivity contribution >= 4 is 12.0 Å². The van der Waals surface area contributed by atoms with E-state index in [1.54, 1.807) is 17.6 Å². The molecule has 0 bridgehead atoms. The summed E-state index contributed by atoms with van der Waals surface area (Å²) in [6.07, 6.45) is -0.876. The molecule has 1 aromatic carbocycles. The Balaban J connectivity index is 2.00. The highest BCUT2D eigenvalue weighted by Gasteiger charge is 2.32. The van der Waals surface area contributed by atoms with E-state index in [0.717, 1.165) is 5.56 Å². The van der Waals surface area contributed by atoms with Crippen molar-refractivity contribution in [3.05, 3.63) is 35.4 Å². The van der Waals surface area contributed by atoms with Gasteiger partial charge in [-0.3, -0.25) is 14.9 Å². The maximum atomic E-state index is 11.3. The number of carboxylic acid groups (broad SMARTS) is 1. The van der Waals surface area contributed by atoms with Crippen LogP contribution in [0, 0.1) is 0 Å². The second-order valence-electron chi connectivity index (χ2n) is 5.72. The van der Waals surface area contributed by atoms with Crippen molar-refractivity contribution in [3.63, 3.8) is 0 Å². The molecule has 1 saturated heterocycles. The van der Waals surface area contributed by atoms with Gasteiger partial charge in [0.15, 0.2) is 0 Å². The minimum Gasteiger partial charge on any atom is -0.465 e. The van der Waals surface area contributed by atoms with Crippen LogP contribution in [0.2, 0.25) is 0 Å². The summed E-state index contributed by atoms with van der Waals surface area (Å²) < 4.78 is 0. The molecule has 22 heavy (non-hydrogen) atoms. The van der Waals surface area contributed by atoms with Gasteiger partial charge in [-0.2, -0.15) is 0 Å². The fourth-order valence-corrected chi connectivity index (χ4v) is 3.02. The summed E-state index contributed by atoms with van der Waals surface area (Å²) in [7, 11) is 0. The minimum atomic E-state index is -0.876. The van der Waals surface area contributed by atoms with Crippen LogP contribution in [0.1, 0.15) is 29.8 Å². The number of amides is 2. The fraction of sp³-hybridized carbons (Fsp3) is 0.467. The standard InChI is InChI=1S/C15H21N3O4/c1-10-7-17(8-11(2)18(10)15(20)21)9-12-3-5-13(6-4-12)14(19)16-22/h3-6,10-11,22H,7-9H2,1-2H3,(H,16,19)(H,20,21)/t10-,11+. The normalized spacial score (nSPS) is 22.4. The highest BCUT2D eigenvalue weighted by Crippen LogP contribution is 2.18. The summed E-state index contributed by atoms with van der Waals surface area (Å²) in [6, 6.07) is 6.87. The van der Waals surface area contributed by atoms with Crippen LogP contribution >= 0.6 is 0 Å². The van der Waals surface area contributed by atoms with E-state index in [1.165, 1.54) is 4.90 Å². The van der Waals surface area contributed by atoms with Crippen molar-refractivity contribution in [2.24, 2.45) is 0 Å². The Hall–Kier alpha value is -2.12. The Morgan fingerprint density at radius 2 is 1.73 bits per heavy atom. The number of nitrogens with zero attached hydrogens (tertiary/aromatic N) is 2. The number of nitrogens with one attached hydrogen (secondary N) is 1. The van der Waals surface area contributed by atoms with E-state index in [9.17, 15) is 14.7 Å². The van der Waals surface area contributed by atoms with E-state index in [2.05, 4.69) is 4.90 Å². The molecule has 1 aliphatic heterocycles. The molecule has 0 aromatic heterocycles. The van der Waals surface area contributed by atoms with Gasteiger partial charge in [-0.1, -0.05) is 12.1 Å².